The third-order valence-corrected chi connectivity index (χ3v) is 5.55. The third-order valence-electron chi connectivity index (χ3n) is 5.55. The first-order valence-corrected chi connectivity index (χ1v) is 8.94. The molecule has 0 amide bonds. The molecule has 0 radical (unpaired) electrons. The molecule has 5 nitrogen and oxygen atoms in total. The van der Waals surface area contributed by atoms with E-state index >= 15 is 0 Å². The minimum atomic E-state index is 0.0776. The lowest BCUT2D eigenvalue weighted by Gasteiger charge is -2.40. The number of piperidine rings is 1. The Morgan fingerprint density at radius 3 is 2.88 bits per heavy atom. The number of H-pyrrole nitrogens is 1. The highest BCUT2D eigenvalue weighted by atomic mass is 16.1. The van der Waals surface area contributed by atoms with Crippen molar-refractivity contribution >= 4 is 22.6 Å². The SMILES string of the molecule is CC(C)(C)CC(=O)C1CCN(c2ncnc3[nH]ccc23)CC12CC2. The maximum absolute atomic E-state index is 12.8. The van der Waals surface area contributed by atoms with E-state index in [1.807, 2.05) is 12.3 Å². The number of ketones is 1. The Morgan fingerprint density at radius 1 is 1.38 bits per heavy atom. The first kappa shape index (κ1) is 15.6. The van der Waals surface area contributed by atoms with Crippen molar-refractivity contribution in [2.75, 3.05) is 18.0 Å². The van der Waals surface area contributed by atoms with E-state index < -0.39 is 0 Å². The predicted molar refractivity (Wildman–Crippen MR) is 95.0 cm³/mol. The summed E-state index contributed by atoms with van der Waals surface area (Å²) in [7, 11) is 0. The summed E-state index contributed by atoms with van der Waals surface area (Å²) < 4.78 is 0. The summed E-state index contributed by atoms with van der Waals surface area (Å²) >= 11 is 0. The molecule has 1 N–H and O–H groups in total. The molecule has 1 spiro atoms. The molecule has 2 aromatic rings. The summed E-state index contributed by atoms with van der Waals surface area (Å²) in [5.41, 5.74) is 1.15. The monoisotopic (exact) mass is 326 g/mol. The van der Waals surface area contributed by atoms with Gasteiger partial charge in [0.25, 0.3) is 0 Å². The number of aromatic nitrogens is 3. The smallest absolute Gasteiger partial charge is 0.142 e. The van der Waals surface area contributed by atoms with Crippen LogP contribution in [0.4, 0.5) is 5.82 Å². The largest absolute Gasteiger partial charge is 0.355 e. The van der Waals surface area contributed by atoms with Crippen molar-refractivity contribution in [3.63, 3.8) is 0 Å². The normalized spacial score (nSPS) is 23.0. The van der Waals surface area contributed by atoms with Gasteiger partial charge in [-0.05, 0) is 36.2 Å². The minimum Gasteiger partial charge on any atom is -0.355 e. The van der Waals surface area contributed by atoms with Crippen molar-refractivity contribution in [2.45, 2.75) is 46.5 Å². The van der Waals surface area contributed by atoms with Crippen LogP contribution in [0.2, 0.25) is 0 Å². The molecule has 128 valence electrons. The zero-order valence-corrected chi connectivity index (χ0v) is 14.8. The van der Waals surface area contributed by atoms with Gasteiger partial charge in [-0.2, -0.15) is 0 Å². The Labute approximate surface area is 142 Å². The van der Waals surface area contributed by atoms with E-state index in [1.54, 1.807) is 6.33 Å². The molecule has 24 heavy (non-hydrogen) atoms. The van der Waals surface area contributed by atoms with Crippen molar-refractivity contribution in [3.8, 4) is 0 Å². The molecule has 1 aliphatic heterocycles. The Kier molecular flexibility index (Phi) is 3.44. The van der Waals surface area contributed by atoms with Crippen LogP contribution in [0.1, 0.15) is 46.5 Å². The Bertz CT molecular complexity index is 769. The molecule has 3 heterocycles. The molecule has 1 saturated heterocycles. The number of rotatable bonds is 3. The molecule has 0 bridgehead atoms. The third kappa shape index (κ3) is 2.70. The van der Waals surface area contributed by atoms with Gasteiger partial charge in [0.05, 0.1) is 5.39 Å². The number of nitrogens with zero attached hydrogens (tertiary/aromatic N) is 3. The molecule has 4 rings (SSSR count). The minimum absolute atomic E-state index is 0.0776. The molecule has 2 aromatic heterocycles. The summed E-state index contributed by atoms with van der Waals surface area (Å²) in [6, 6.07) is 2.04. The molecule has 1 saturated carbocycles. The lowest BCUT2D eigenvalue weighted by molar-refractivity contribution is -0.127. The number of fused-ring (bicyclic) bond motifs is 1. The molecule has 1 aliphatic carbocycles. The van der Waals surface area contributed by atoms with Crippen LogP contribution in [0, 0.1) is 16.7 Å². The molecular weight excluding hydrogens is 300 g/mol. The van der Waals surface area contributed by atoms with Crippen molar-refractivity contribution < 1.29 is 4.79 Å². The van der Waals surface area contributed by atoms with Crippen LogP contribution in [0.3, 0.4) is 0 Å². The van der Waals surface area contributed by atoms with E-state index in [2.05, 4.69) is 40.6 Å². The topological polar surface area (TPSA) is 61.9 Å². The zero-order valence-electron chi connectivity index (χ0n) is 14.8. The lowest BCUT2D eigenvalue weighted by Crippen LogP contribution is -2.45. The molecular formula is C19H26N4O. The van der Waals surface area contributed by atoms with E-state index in [0.29, 0.717) is 12.2 Å². The van der Waals surface area contributed by atoms with Crippen LogP contribution in [0.15, 0.2) is 18.6 Å². The van der Waals surface area contributed by atoms with Crippen LogP contribution < -0.4 is 4.90 Å². The number of nitrogens with one attached hydrogen (secondary N) is 1. The first-order chi connectivity index (χ1) is 11.4. The van der Waals surface area contributed by atoms with Gasteiger partial charge in [0.2, 0.25) is 0 Å². The van der Waals surface area contributed by atoms with Crippen molar-refractivity contribution in [2.24, 2.45) is 16.7 Å². The van der Waals surface area contributed by atoms with Gasteiger partial charge in [-0.15, -0.1) is 0 Å². The maximum Gasteiger partial charge on any atom is 0.142 e. The van der Waals surface area contributed by atoms with Gasteiger partial charge >= 0.3 is 0 Å². The quantitative estimate of drug-likeness (QED) is 0.936. The van der Waals surface area contributed by atoms with E-state index in [0.717, 1.165) is 36.4 Å². The summed E-state index contributed by atoms with van der Waals surface area (Å²) in [5, 5.41) is 1.08. The van der Waals surface area contributed by atoms with Gasteiger partial charge in [-0.1, -0.05) is 20.8 Å². The van der Waals surface area contributed by atoms with E-state index in [1.165, 1.54) is 12.8 Å². The summed E-state index contributed by atoms with van der Waals surface area (Å²) in [5.74, 6) is 1.71. The highest BCUT2D eigenvalue weighted by molar-refractivity contribution is 5.88. The molecule has 1 unspecified atom stereocenters. The summed E-state index contributed by atoms with van der Waals surface area (Å²) in [6.07, 6.45) is 7.52. The highest BCUT2D eigenvalue weighted by Crippen LogP contribution is 2.57. The second-order valence-electron chi connectivity index (χ2n) is 8.77. The molecule has 2 fully saturated rings. The number of carbonyl (C=O) groups is 1. The second-order valence-corrected chi connectivity index (χ2v) is 8.77. The highest BCUT2D eigenvalue weighted by Gasteiger charge is 2.55. The number of aromatic amines is 1. The fourth-order valence-corrected chi connectivity index (χ4v) is 4.27. The molecule has 0 aromatic carbocycles. The van der Waals surface area contributed by atoms with Crippen LogP contribution >= 0.6 is 0 Å². The Hall–Kier alpha value is -1.91. The van der Waals surface area contributed by atoms with Crippen LogP contribution in [-0.2, 0) is 4.79 Å². The molecule has 2 aliphatic rings. The van der Waals surface area contributed by atoms with Crippen molar-refractivity contribution in [1.82, 2.24) is 15.0 Å². The number of Topliss-reactive ketones (excluding diaryl/α,β-unsaturated/α-hetero) is 1. The number of anilines is 1. The average Bonchev–Trinajstić information content (AvgIpc) is 3.09. The van der Waals surface area contributed by atoms with Crippen molar-refractivity contribution in [1.29, 1.82) is 0 Å². The van der Waals surface area contributed by atoms with Gasteiger partial charge in [-0.25, -0.2) is 9.97 Å². The fraction of sp³-hybridized carbons (Fsp3) is 0.632. The van der Waals surface area contributed by atoms with Gasteiger partial charge in [0, 0.05) is 31.6 Å². The standard InChI is InChI=1S/C19H26N4O/c1-18(2,3)10-15(24)14-5-9-23(11-19(14)6-7-19)17-13-4-8-20-16(13)21-12-22-17/h4,8,12,14H,5-7,9-11H2,1-3H3,(H,20,21,22). The van der Waals surface area contributed by atoms with Gasteiger partial charge in [0.1, 0.15) is 23.6 Å². The fourth-order valence-electron chi connectivity index (χ4n) is 4.27. The van der Waals surface area contributed by atoms with Crippen LogP contribution in [0.5, 0.6) is 0 Å². The Balaban J connectivity index is 1.56. The molecule has 1 atom stereocenters. The number of hydrogen-bond acceptors (Lipinski definition) is 4. The number of hydrogen-bond donors (Lipinski definition) is 1. The van der Waals surface area contributed by atoms with Crippen LogP contribution in [-0.4, -0.2) is 33.8 Å². The summed E-state index contributed by atoms with van der Waals surface area (Å²) in [6.45, 7) is 8.32. The Morgan fingerprint density at radius 2 is 2.17 bits per heavy atom. The summed E-state index contributed by atoms with van der Waals surface area (Å²) in [4.78, 5) is 27.2. The van der Waals surface area contributed by atoms with E-state index in [4.69, 9.17) is 0 Å². The van der Waals surface area contributed by atoms with Crippen molar-refractivity contribution in [3.05, 3.63) is 18.6 Å². The number of carbonyl (C=O) groups excluding carboxylic acids is 1. The zero-order chi connectivity index (χ0) is 16.9. The second kappa shape index (κ2) is 5.30. The van der Waals surface area contributed by atoms with Crippen LogP contribution in [0.25, 0.3) is 11.0 Å². The van der Waals surface area contributed by atoms with Gasteiger partial charge in [0.15, 0.2) is 0 Å². The average molecular weight is 326 g/mol. The van der Waals surface area contributed by atoms with E-state index in [-0.39, 0.29) is 16.7 Å². The lowest BCUT2D eigenvalue weighted by atomic mass is 9.75. The maximum atomic E-state index is 12.8. The first-order valence-electron chi connectivity index (χ1n) is 8.94. The van der Waals surface area contributed by atoms with Gasteiger partial charge < -0.3 is 9.88 Å². The predicted octanol–water partition coefficient (Wildman–Crippen LogP) is 3.57. The molecule has 5 heteroatoms. The van der Waals surface area contributed by atoms with Gasteiger partial charge in [-0.3, -0.25) is 4.79 Å². The van der Waals surface area contributed by atoms with E-state index in [9.17, 15) is 4.79 Å².